The van der Waals surface area contributed by atoms with Crippen LogP contribution in [-0.4, -0.2) is 69.6 Å². The lowest BCUT2D eigenvalue weighted by molar-refractivity contribution is -0.132. The topological polar surface area (TPSA) is 71.1 Å². The van der Waals surface area contributed by atoms with Gasteiger partial charge in [0.05, 0.1) is 20.6 Å². The van der Waals surface area contributed by atoms with Crippen LogP contribution in [0.15, 0.2) is 18.3 Å². The highest BCUT2D eigenvalue weighted by Gasteiger charge is 2.21. The first kappa shape index (κ1) is 18.8. The average Bonchev–Trinajstić information content (AvgIpc) is 2.72. The molecular weight excluding hydrogens is 322 g/mol. The van der Waals surface area contributed by atoms with Crippen LogP contribution >= 0.6 is 0 Å². The largest absolute Gasteiger partial charge is 0.493 e. The first-order valence-corrected chi connectivity index (χ1v) is 8.08. The molecule has 0 aromatic heterocycles. The zero-order valence-corrected chi connectivity index (χ0v) is 15.2. The van der Waals surface area contributed by atoms with Crippen molar-refractivity contribution >= 4 is 17.9 Å². The Bertz CT molecular complexity index is 671. The third-order valence-electron chi connectivity index (χ3n) is 3.94. The number of hydrogen-bond donors (Lipinski definition) is 1. The highest BCUT2D eigenvalue weighted by molar-refractivity contribution is 5.89. The molecule has 0 radical (unpaired) electrons. The van der Waals surface area contributed by atoms with E-state index in [4.69, 9.17) is 9.47 Å². The second-order valence-corrected chi connectivity index (χ2v) is 6.07. The molecule has 1 aliphatic heterocycles. The molecule has 0 spiro atoms. The zero-order valence-electron chi connectivity index (χ0n) is 15.2. The van der Waals surface area contributed by atoms with E-state index in [1.165, 1.54) is 4.90 Å². The number of rotatable bonds is 7. The van der Waals surface area contributed by atoms with Crippen LogP contribution in [0.2, 0.25) is 0 Å². The van der Waals surface area contributed by atoms with E-state index >= 15 is 0 Å². The van der Waals surface area contributed by atoms with E-state index in [1.807, 2.05) is 31.1 Å². The molecule has 1 aliphatic rings. The summed E-state index contributed by atoms with van der Waals surface area (Å²) in [5, 5.41) is 2.81. The number of ether oxygens (including phenoxy) is 2. The molecule has 1 aromatic rings. The minimum absolute atomic E-state index is 0.00498. The number of nitrogens with one attached hydrogen (secondary N) is 1. The lowest BCUT2D eigenvalue weighted by atomic mass is 10.0. The monoisotopic (exact) mass is 347 g/mol. The summed E-state index contributed by atoms with van der Waals surface area (Å²) in [5.74, 6) is 0.872. The van der Waals surface area contributed by atoms with Crippen molar-refractivity contribution in [2.45, 2.75) is 6.42 Å². The predicted molar refractivity (Wildman–Crippen MR) is 95.6 cm³/mol. The quantitative estimate of drug-likeness (QED) is 0.788. The van der Waals surface area contributed by atoms with E-state index < -0.39 is 0 Å². The average molecular weight is 347 g/mol. The van der Waals surface area contributed by atoms with Gasteiger partial charge in [-0.25, -0.2) is 0 Å². The number of methoxy groups -OCH3 is 2. The molecule has 2 rings (SSSR count). The van der Waals surface area contributed by atoms with E-state index in [0.29, 0.717) is 18.0 Å². The van der Waals surface area contributed by atoms with Crippen LogP contribution in [0.3, 0.4) is 0 Å². The molecule has 0 bridgehead atoms. The molecule has 0 atom stereocenters. The fraction of sp³-hybridized carbons (Fsp3) is 0.444. The van der Waals surface area contributed by atoms with Crippen molar-refractivity contribution in [1.29, 1.82) is 0 Å². The van der Waals surface area contributed by atoms with Gasteiger partial charge in [0.1, 0.15) is 6.54 Å². The fourth-order valence-electron chi connectivity index (χ4n) is 2.53. The van der Waals surface area contributed by atoms with Crippen molar-refractivity contribution in [3.63, 3.8) is 0 Å². The van der Waals surface area contributed by atoms with Crippen molar-refractivity contribution in [2.24, 2.45) is 0 Å². The van der Waals surface area contributed by atoms with E-state index in [1.54, 1.807) is 26.5 Å². The van der Waals surface area contributed by atoms with Crippen molar-refractivity contribution in [2.75, 3.05) is 47.9 Å². The van der Waals surface area contributed by atoms with Crippen molar-refractivity contribution in [3.05, 3.63) is 29.5 Å². The van der Waals surface area contributed by atoms with Crippen LogP contribution < -0.4 is 14.8 Å². The lowest BCUT2D eigenvalue weighted by Crippen LogP contribution is -2.40. The molecule has 1 heterocycles. The molecule has 0 saturated heterocycles. The van der Waals surface area contributed by atoms with Gasteiger partial charge in [-0.05, 0) is 43.4 Å². The number of hydrogen-bond acceptors (Lipinski definition) is 5. The number of benzene rings is 1. The number of nitrogens with zero attached hydrogens (tertiary/aromatic N) is 2. The third kappa shape index (κ3) is 4.96. The van der Waals surface area contributed by atoms with E-state index in [2.05, 4.69) is 5.32 Å². The molecule has 0 saturated carbocycles. The molecule has 1 aromatic carbocycles. The van der Waals surface area contributed by atoms with Gasteiger partial charge in [0, 0.05) is 19.3 Å². The normalized spacial score (nSPS) is 13.5. The summed E-state index contributed by atoms with van der Waals surface area (Å²) >= 11 is 0. The Labute approximate surface area is 148 Å². The Morgan fingerprint density at radius 3 is 2.56 bits per heavy atom. The Kier molecular flexibility index (Phi) is 6.41. The molecule has 2 amide bonds. The number of carbonyl (C=O) groups excluding carboxylic acids is 2. The van der Waals surface area contributed by atoms with Gasteiger partial charge < -0.3 is 24.6 Å². The Balaban J connectivity index is 2.08. The minimum Gasteiger partial charge on any atom is -0.493 e. The van der Waals surface area contributed by atoms with Gasteiger partial charge in [-0.3, -0.25) is 9.59 Å². The van der Waals surface area contributed by atoms with E-state index in [9.17, 15) is 9.59 Å². The van der Waals surface area contributed by atoms with Crippen LogP contribution in [0, 0.1) is 0 Å². The van der Waals surface area contributed by atoms with E-state index in [0.717, 1.165) is 17.7 Å². The molecule has 7 heteroatoms. The zero-order chi connectivity index (χ0) is 18.4. The predicted octanol–water partition coefficient (Wildman–Crippen LogP) is 0.737. The standard InChI is InChI=1S/C18H25N3O4/c1-20(2)8-6-19-17(22)12-21-7-5-13-9-15(24-3)16(25-4)10-14(13)11-18(21)23/h5,7,9-10H,6,8,11-12H2,1-4H3,(H,19,22). The highest BCUT2D eigenvalue weighted by atomic mass is 16.5. The second-order valence-electron chi connectivity index (χ2n) is 6.07. The van der Waals surface area contributed by atoms with Crippen LogP contribution in [0.4, 0.5) is 0 Å². The van der Waals surface area contributed by atoms with Gasteiger partial charge in [0.2, 0.25) is 11.8 Å². The fourth-order valence-corrected chi connectivity index (χ4v) is 2.53. The van der Waals surface area contributed by atoms with Gasteiger partial charge in [0.25, 0.3) is 0 Å². The summed E-state index contributed by atoms with van der Waals surface area (Å²) in [6.07, 6.45) is 3.66. The van der Waals surface area contributed by atoms with Gasteiger partial charge in [-0.15, -0.1) is 0 Å². The molecular formula is C18H25N3O4. The number of amides is 2. The SMILES string of the molecule is COc1cc2c(cc1OC)CC(=O)N(CC(=O)NCCN(C)C)C=C2. The third-order valence-corrected chi connectivity index (χ3v) is 3.94. The smallest absolute Gasteiger partial charge is 0.240 e. The highest BCUT2D eigenvalue weighted by Crippen LogP contribution is 2.32. The Morgan fingerprint density at radius 1 is 1.24 bits per heavy atom. The maximum absolute atomic E-state index is 12.5. The summed E-state index contributed by atoms with van der Waals surface area (Å²) in [4.78, 5) is 27.9. The van der Waals surface area contributed by atoms with E-state index in [-0.39, 0.29) is 24.8 Å². The molecule has 7 nitrogen and oxygen atoms in total. The van der Waals surface area contributed by atoms with Crippen LogP contribution in [0.1, 0.15) is 11.1 Å². The summed E-state index contributed by atoms with van der Waals surface area (Å²) in [6.45, 7) is 1.30. The van der Waals surface area contributed by atoms with Crippen LogP contribution in [0.25, 0.3) is 6.08 Å². The molecule has 0 fully saturated rings. The van der Waals surface area contributed by atoms with Crippen LogP contribution in [0.5, 0.6) is 11.5 Å². The summed E-state index contributed by atoms with van der Waals surface area (Å²) in [7, 11) is 7.00. The van der Waals surface area contributed by atoms with Crippen LogP contribution in [-0.2, 0) is 16.0 Å². The van der Waals surface area contributed by atoms with Gasteiger partial charge in [0.15, 0.2) is 11.5 Å². The van der Waals surface area contributed by atoms with Gasteiger partial charge in [-0.2, -0.15) is 0 Å². The summed E-state index contributed by atoms with van der Waals surface area (Å²) in [5.41, 5.74) is 1.72. The maximum atomic E-state index is 12.5. The minimum atomic E-state index is -0.180. The Hall–Kier alpha value is -2.54. The Morgan fingerprint density at radius 2 is 1.92 bits per heavy atom. The number of fused-ring (bicyclic) bond motifs is 1. The second kappa shape index (κ2) is 8.53. The maximum Gasteiger partial charge on any atom is 0.240 e. The van der Waals surface area contributed by atoms with Crippen molar-refractivity contribution < 1.29 is 19.1 Å². The van der Waals surface area contributed by atoms with Crippen molar-refractivity contribution in [1.82, 2.24) is 15.1 Å². The summed E-state index contributed by atoms with van der Waals surface area (Å²) in [6, 6.07) is 3.63. The van der Waals surface area contributed by atoms with Gasteiger partial charge in [-0.1, -0.05) is 0 Å². The number of carbonyl (C=O) groups is 2. The molecule has 0 unspecified atom stereocenters. The van der Waals surface area contributed by atoms with Gasteiger partial charge >= 0.3 is 0 Å². The summed E-state index contributed by atoms with van der Waals surface area (Å²) < 4.78 is 10.6. The molecule has 1 N–H and O–H groups in total. The molecule has 136 valence electrons. The first-order valence-electron chi connectivity index (χ1n) is 8.08. The first-order chi connectivity index (χ1) is 11.9. The number of likely N-dealkylation sites (N-methyl/N-ethyl adjacent to an activating group) is 1. The molecule has 0 aliphatic carbocycles. The molecule has 25 heavy (non-hydrogen) atoms. The lowest BCUT2D eigenvalue weighted by Gasteiger charge is -2.17. The van der Waals surface area contributed by atoms with Crippen molar-refractivity contribution in [3.8, 4) is 11.5 Å².